The first kappa shape index (κ1) is 24.9. The van der Waals surface area contributed by atoms with E-state index >= 15 is 4.39 Å². The van der Waals surface area contributed by atoms with Gasteiger partial charge in [0.25, 0.3) is 0 Å². The second-order valence-corrected chi connectivity index (χ2v) is 11.0. The third-order valence-electron chi connectivity index (χ3n) is 8.65. The third kappa shape index (κ3) is 4.20. The van der Waals surface area contributed by atoms with Crippen LogP contribution >= 0.6 is 0 Å². The number of pyridine rings is 2. The van der Waals surface area contributed by atoms with Crippen LogP contribution in [0.3, 0.4) is 0 Å². The quantitative estimate of drug-likeness (QED) is 0.486. The lowest BCUT2D eigenvalue weighted by atomic mass is 9.78. The fourth-order valence-electron chi connectivity index (χ4n) is 6.65. The summed E-state index contributed by atoms with van der Waals surface area (Å²) >= 11 is 0. The van der Waals surface area contributed by atoms with Gasteiger partial charge in [0.1, 0.15) is 24.2 Å². The number of benzene rings is 1. The molecule has 1 aromatic carbocycles. The first-order valence-corrected chi connectivity index (χ1v) is 13.8. The van der Waals surface area contributed by atoms with Crippen molar-refractivity contribution in [2.45, 2.75) is 31.6 Å². The Morgan fingerprint density at radius 3 is 2.46 bits per heavy atom. The summed E-state index contributed by atoms with van der Waals surface area (Å²) in [6, 6.07) is 4.48. The first-order valence-electron chi connectivity index (χ1n) is 13.8. The van der Waals surface area contributed by atoms with Gasteiger partial charge in [0.05, 0.1) is 59.7 Å². The minimum atomic E-state index is -0.637. The van der Waals surface area contributed by atoms with Crippen LogP contribution < -0.4 is 14.7 Å². The summed E-state index contributed by atoms with van der Waals surface area (Å²) in [5, 5.41) is 0.336. The highest BCUT2D eigenvalue weighted by atomic mass is 19.1. The van der Waals surface area contributed by atoms with Gasteiger partial charge in [0.2, 0.25) is 0 Å². The molecule has 0 unspecified atom stereocenters. The number of rotatable bonds is 3. The Morgan fingerprint density at radius 1 is 0.897 bits per heavy atom. The maximum Gasteiger partial charge on any atom is 0.137 e. The average molecular weight is 538 g/mol. The zero-order chi connectivity index (χ0) is 26.6. The number of ether oxygens (including phenoxy) is 3. The molecule has 0 atom stereocenters. The van der Waals surface area contributed by atoms with Gasteiger partial charge in [-0.1, -0.05) is 0 Å². The fraction of sp³-hybridized carbons (Fsp3) is 0.517. The standard InChI is InChI=1S/C29H33F2N5O3/c1-19-26(25-22(31)13-20(30)14-23(25)33-28(19)35-5-2-8-39-18-35)36-17-29(3-9-37-10-4-29)27-24(36)15-21(16-32-27)34-6-11-38-12-7-34/h13-16H,2-12,17-18H2,1H3. The van der Waals surface area contributed by atoms with E-state index in [1.807, 2.05) is 13.1 Å². The number of fused-ring (bicyclic) bond motifs is 3. The molecule has 206 valence electrons. The van der Waals surface area contributed by atoms with E-state index in [0.717, 1.165) is 73.3 Å². The molecule has 1 spiro atoms. The minimum absolute atomic E-state index is 0.204. The Morgan fingerprint density at radius 2 is 1.69 bits per heavy atom. The summed E-state index contributed by atoms with van der Waals surface area (Å²) < 4.78 is 47.2. The molecule has 7 rings (SSSR count). The molecule has 3 saturated heterocycles. The summed E-state index contributed by atoms with van der Waals surface area (Å²) in [5.74, 6) is -0.542. The normalized spacial score (nSPS) is 21.2. The lowest BCUT2D eigenvalue weighted by molar-refractivity contribution is 0.0545. The molecular formula is C29H33F2N5O3. The van der Waals surface area contributed by atoms with Gasteiger partial charge in [0.15, 0.2) is 0 Å². The van der Waals surface area contributed by atoms with Crippen LogP contribution in [0, 0.1) is 18.6 Å². The second-order valence-electron chi connectivity index (χ2n) is 11.0. The van der Waals surface area contributed by atoms with Crippen LogP contribution in [0.25, 0.3) is 10.9 Å². The molecule has 6 heterocycles. The van der Waals surface area contributed by atoms with Crippen molar-refractivity contribution in [3.8, 4) is 0 Å². The van der Waals surface area contributed by atoms with Crippen molar-refractivity contribution in [3.05, 3.63) is 47.3 Å². The molecule has 0 aliphatic carbocycles. The largest absolute Gasteiger partial charge is 0.381 e. The Hall–Kier alpha value is -3.08. The number of anilines is 4. The Kier molecular flexibility index (Phi) is 6.28. The van der Waals surface area contributed by atoms with Crippen molar-refractivity contribution in [2.24, 2.45) is 0 Å². The van der Waals surface area contributed by atoms with E-state index in [1.165, 1.54) is 6.07 Å². The highest BCUT2D eigenvalue weighted by Crippen LogP contribution is 2.52. The van der Waals surface area contributed by atoms with Gasteiger partial charge in [-0.05, 0) is 32.3 Å². The van der Waals surface area contributed by atoms with Crippen LogP contribution in [0.4, 0.5) is 31.7 Å². The second kappa shape index (κ2) is 9.83. The summed E-state index contributed by atoms with van der Waals surface area (Å²) in [5.41, 5.74) is 4.70. The van der Waals surface area contributed by atoms with Crippen LogP contribution in [0.5, 0.6) is 0 Å². The van der Waals surface area contributed by atoms with E-state index < -0.39 is 11.6 Å². The van der Waals surface area contributed by atoms with Gasteiger partial charge in [-0.3, -0.25) is 4.98 Å². The zero-order valence-corrected chi connectivity index (χ0v) is 22.2. The average Bonchev–Trinajstić information content (AvgIpc) is 3.26. The summed E-state index contributed by atoms with van der Waals surface area (Å²) in [4.78, 5) is 16.4. The van der Waals surface area contributed by atoms with E-state index in [9.17, 15) is 4.39 Å². The maximum atomic E-state index is 15.7. The van der Waals surface area contributed by atoms with Gasteiger partial charge in [-0.25, -0.2) is 13.8 Å². The number of halogens is 2. The van der Waals surface area contributed by atoms with E-state index in [0.29, 0.717) is 63.0 Å². The van der Waals surface area contributed by atoms with Crippen LogP contribution in [0.2, 0.25) is 0 Å². The number of hydrogen-bond acceptors (Lipinski definition) is 8. The minimum Gasteiger partial charge on any atom is -0.381 e. The third-order valence-corrected chi connectivity index (χ3v) is 8.65. The molecular weight excluding hydrogens is 504 g/mol. The topological polar surface area (TPSA) is 63.2 Å². The van der Waals surface area contributed by atoms with E-state index in [-0.39, 0.29) is 5.41 Å². The molecule has 10 heteroatoms. The maximum absolute atomic E-state index is 15.7. The van der Waals surface area contributed by atoms with E-state index in [4.69, 9.17) is 24.2 Å². The summed E-state index contributed by atoms with van der Waals surface area (Å²) in [6.45, 7) is 8.77. The van der Waals surface area contributed by atoms with Crippen molar-refractivity contribution in [1.29, 1.82) is 0 Å². The lowest BCUT2D eigenvalue weighted by Gasteiger charge is -2.35. The van der Waals surface area contributed by atoms with Gasteiger partial charge in [-0.2, -0.15) is 0 Å². The molecule has 2 aromatic heterocycles. The molecule has 4 aliphatic heterocycles. The van der Waals surface area contributed by atoms with Crippen molar-refractivity contribution >= 4 is 33.8 Å². The molecule has 4 aliphatic rings. The van der Waals surface area contributed by atoms with Gasteiger partial charge < -0.3 is 28.9 Å². The number of hydrogen-bond donors (Lipinski definition) is 0. The highest BCUT2D eigenvalue weighted by Gasteiger charge is 2.47. The van der Waals surface area contributed by atoms with Crippen LogP contribution in [0.15, 0.2) is 24.4 Å². The Balaban J connectivity index is 1.44. The number of aromatic nitrogens is 2. The molecule has 39 heavy (non-hydrogen) atoms. The van der Waals surface area contributed by atoms with Crippen molar-refractivity contribution in [1.82, 2.24) is 9.97 Å². The van der Waals surface area contributed by atoms with E-state index in [1.54, 1.807) is 0 Å². The molecule has 0 saturated carbocycles. The van der Waals surface area contributed by atoms with E-state index in [2.05, 4.69) is 20.8 Å². The van der Waals surface area contributed by atoms with Crippen LogP contribution in [0.1, 0.15) is 30.5 Å². The first-order chi connectivity index (χ1) is 19.0. The van der Waals surface area contributed by atoms with Crippen molar-refractivity contribution < 1.29 is 23.0 Å². The highest BCUT2D eigenvalue weighted by molar-refractivity contribution is 5.99. The molecule has 8 nitrogen and oxygen atoms in total. The molecule has 0 N–H and O–H groups in total. The van der Waals surface area contributed by atoms with Crippen molar-refractivity contribution in [3.63, 3.8) is 0 Å². The zero-order valence-electron chi connectivity index (χ0n) is 22.2. The molecule has 0 radical (unpaired) electrons. The Labute approximate surface area is 226 Å². The molecule has 0 amide bonds. The molecule has 3 fully saturated rings. The SMILES string of the molecule is Cc1c(N2CCCOC2)nc2cc(F)cc(F)c2c1N1CC2(CCOCC2)c2ncc(N3CCOCC3)cc21. The van der Waals surface area contributed by atoms with Gasteiger partial charge in [-0.15, -0.1) is 0 Å². The summed E-state index contributed by atoms with van der Waals surface area (Å²) in [7, 11) is 0. The van der Waals surface area contributed by atoms with Gasteiger partial charge >= 0.3 is 0 Å². The predicted molar refractivity (Wildman–Crippen MR) is 145 cm³/mol. The van der Waals surface area contributed by atoms with Crippen LogP contribution in [-0.4, -0.2) is 75.9 Å². The monoisotopic (exact) mass is 537 g/mol. The smallest absolute Gasteiger partial charge is 0.137 e. The molecule has 0 bridgehead atoms. The lowest BCUT2D eigenvalue weighted by Crippen LogP contribution is -2.38. The number of nitrogens with zero attached hydrogens (tertiary/aromatic N) is 5. The fourth-order valence-corrected chi connectivity index (χ4v) is 6.65. The molecule has 3 aromatic rings. The van der Waals surface area contributed by atoms with Crippen LogP contribution in [-0.2, 0) is 19.6 Å². The predicted octanol–water partition coefficient (Wildman–Crippen LogP) is 4.44. The summed E-state index contributed by atoms with van der Waals surface area (Å²) in [6.07, 6.45) is 4.52. The van der Waals surface area contributed by atoms with Gasteiger partial charge in [0, 0.05) is 62.5 Å². The Bertz CT molecular complexity index is 1400. The number of morpholine rings is 1. The van der Waals surface area contributed by atoms with Crippen molar-refractivity contribution in [2.75, 3.05) is 80.6 Å².